The molecule has 4 heterocycles. The number of allylic oxidation sites excluding steroid dienone is 8. The SMILES string of the molecule is CCN(CC)c1ccc(/C=C/C2=[N+](C)c3ccc(Cl)cc3C2(C)CC)c(OCc2ccc(COc3cc(N(CC)CC)ccc3/C=C/C3=[N+](C)c4ccc(Cl)cc4C3(C)CC)cc2)c1.O=C1C=CC(=NN=c2[n-]cc([N+](=O)[O-])s2)C(O)=C1.O=C1C=CC(=NN=c2[n-]cc([N+](=O)[O-])s2)C(O)=C1.[Co]. The number of hydrogen-bond acceptors (Lipinski definition) is 18. The maximum absolute atomic E-state index is 10.9. The van der Waals surface area contributed by atoms with E-state index in [1.807, 2.05) is 12.1 Å². The molecule has 7 aromatic rings. The zero-order valence-corrected chi connectivity index (χ0v) is 61.4. The van der Waals surface area contributed by atoms with E-state index in [2.05, 4.69) is 228 Å². The van der Waals surface area contributed by atoms with Crippen LogP contribution in [-0.4, -0.2) is 104 Å². The number of aliphatic hydroxyl groups excluding tert-OH is 2. The van der Waals surface area contributed by atoms with E-state index in [0.29, 0.717) is 13.2 Å². The van der Waals surface area contributed by atoms with E-state index < -0.39 is 9.85 Å². The molecular weight excluding hydrogens is 1410 g/mol. The number of ketones is 2. The molecule has 2 unspecified atom stereocenters. The molecule has 527 valence electrons. The van der Waals surface area contributed by atoms with Crippen LogP contribution in [0.25, 0.3) is 12.2 Å². The Morgan fingerprint density at radius 2 is 0.931 bits per heavy atom. The van der Waals surface area contributed by atoms with Gasteiger partial charge in [-0.2, -0.15) is 9.15 Å². The second-order valence-corrected chi connectivity index (χ2v) is 26.5. The van der Waals surface area contributed by atoms with Gasteiger partial charge in [-0.15, -0.1) is 0 Å². The van der Waals surface area contributed by atoms with Crippen LogP contribution in [0.5, 0.6) is 11.5 Å². The molecular formula is C74H76Cl2CoN12O10S2. The number of rotatable bonds is 22. The monoisotopic (exact) mass is 1490 g/mol. The molecule has 2 atom stereocenters. The Balaban J connectivity index is 0.000000282. The van der Waals surface area contributed by atoms with Crippen LogP contribution in [-0.2, 0) is 50.4 Å². The summed E-state index contributed by atoms with van der Waals surface area (Å²) < 4.78 is 18.0. The maximum Gasteiger partial charge on any atom is 0.319 e. The number of halogens is 2. The minimum atomic E-state index is -0.583. The average molecular weight is 1490 g/mol. The maximum atomic E-state index is 10.9. The summed E-state index contributed by atoms with van der Waals surface area (Å²) in [5.74, 6) is 0.397. The van der Waals surface area contributed by atoms with Crippen LogP contribution in [0.15, 0.2) is 190 Å². The molecule has 27 heteroatoms. The van der Waals surface area contributed by atoms with Gasteiger partial charge in [-0.25, -0.2) is 0 Å². The molecule has 5 aromatic carbocycles. The van der Waals surface area contributed by atoms with Crippen LogP contribution < -0.4 is 38.8 Å². The number of carbonyl (C=O) groups excluding carboxylic acids is 2. The molecule has 11 rings (SSSR count). The predicted octanol–water partition coefficient (Wildman–Crippen LogP) is 15.0. The van der Waals surface area contributed by atoms with Gasteiger partial charge >= 0.3 is 10.0 Å². The number of benzene rings is 5. The Kier molecular flexibility index (Phi) is 26.2. The van der Waals surface area contributed by atoms with Gasteiger partial charge in [0, 0.05) is 157 Å². The summed E-state index contributed by atoms with van der Waals surface area (Å²) in [7, 11) is 4.30. The Hall–Kier alpha value is -9.89. The number of hydrogen-bond donors (Lipinski definition) is 2. The minimum absolute atomic E-state index is 0. The Labute approximate surface area is 613 Å². The molecule has 22 nitrogen and oxygen atoms in total. The second kappa shape index (κ2) is 34.5. The molecule has 1 radical (unpaired) electrons. The fraction of sp³-hybridized carbons (Fsp3) is 0.270. The molecule has 0 amide bonds. The quantitative estimate of drug-likeness (QED) is 0.0277. The van der Waals surface area contributed by atoms with E-state index in [4.69, 9.17) is 32.7 Å². The molecule has 101 heavy (non-hydrogen) atoms. The standard InChI is InChI=1S/C56H66Cl2N4O2.2C9H6N4O4S.Co/c1-11-55(7)47-33-43(57)25-29-49(47)59(9)53(55)31-23-41-21-27-45(61(13-3)14-4)35-51(41)63-37-39-17-19-40(20-18-39)38-64-52-36-46(62(15-5)16-6)28-22-42(52)24-32-54-56(8,12-2)48-34-44(58)26-30-50(48)60(54)10;2*14-5-1-2-6(7(15)3-5)11-12-9-10-4-8(18-9)13(16)17;/h17-36H,11-16,37-38H2,1-10H3;2*1-4H,(H2,10,12,14,15);/q+2;;;/p-2. The first-order chi connectivity index (χ1) is 47.9. The zero-order valence-electron chi connectivity index (χ0n) is 57.3. The Morgan fingerprint density at radius 1 is 0.554 bits per heavy atom. The number of carbonyl (C=O) groups is 2. The van der Waals surface area contributed by atoms with Gasteiger partial charge < -0.3 is 49.7 Å². The number of fused-ring (bicyclic) bond motifs is 2. The second-order valence-electron chi connectivity index (χ2n) is 23.6. The smallest absolute Gasteiger partial charge is 0.319 e. The molecule has 0 saturated carbocycles. The van der Waals surface area contributed by atoms with Crippen molar-refractivity contribution in [3.8, 4) is 11.5 Å². The van der Waals surface area contributed by atoms with Crippen molar-refractivity contribution in [1.82, 2.24) is 9.97 Å². The number of nitrogens with zero attached hydrogens (tertiary/aromatic N) is 12. The number of nitro groups is 2. The van der Waals surface area contributed by atoms with Crippen molar-refractivity contribution in [3.63, 3.8) is 0 Å². The molecule has 2 N–H and O–H groups in total. The van der Waals surface area contributed by atoms with Crippen LogP contribution in [0.4, 0.5) is 32.8 Å². The van der Waals surface area contributed by atoms with Crippen LogP contribution in [0.3, 0.4) is 0 Å². The van der Waals surface area contributed by atoms with Crippen molar-refractivity contribution < 1.29 is 65.1 Å². The van der Waals surface area contributed by atoms with Crippen molar-refractivity contribution in [3.05, 3.63) is 243 Å². The molecule has 2 aromatic heterocycles. The van der Waals surface area contributed by atoms with E-state index in [0.717, 1.165) is 141 Å². The number of thiazole rings is 2. The summed E-state index contributed by atoms with van der Waals surface area (Å²) in [5.41, 5.74) is 13.8. The van der Waals surface area contributed by atoms with Crippen LogP contribution >= 0.6 is 45.9 Å². The van der Waals surface area contributed by atoms with Crippen molar-refractivity contribution in [2.45, 2.75) is 92.3 Å². The van der Waals surface area contributed by atoms with E-state index in [9.17, 15) is 40.0 Å². The summed E-state index contributed by atoms with van der Waals surface area (Å²) >= 11 is 14.5. The largest absolute Gasteiger partial charge is 0.506 e. The summed E-state index contributed by atoms with van der Waals surface area (Å²) in [4.78, 5) is 53.6. The topological polar surface area (TPSA) is 269 Å². The number of aliphatic hydroxyl groups is 2. The normalized spacial score (nSPS) is 17.9. The summed E-state index contributed by atoms with van der Waals surface area (Å²) in [6.07, 6.45) is 20.0. The van der Waals surface area contributed by atoms with Gasteiger partial charge in [0.25, 0.3) is 0 Å². The third-order valence-corrected chi connectivity index (χ3v) is 19.8. The number of anilines is 2. The summed E-state index contributed by atoms with van der Waals surface area (Å²) in [6.45, 7) is 22.5. The van der Waals surface area contributed by atoms with Crippen molar-refractivity contribution in [2.24, 2.45) is 20.4 Å². The molecule has 0 bridgehead atoms. The van der Waals surface area contributed by atoms with Gasteiger partial charge in [-0.05, 0) is 150 Å². The van der Waals surface area contributed by atoms with Crippen molar-refractivity contribution in [2.75, 3.05) is 50.1 Å². The van der Waals surface area contributed by atoms with Crippen LogP contribution in [0.2, 0.25) is 10.0 Å². The first kappa shape index (κ1) is 76.9. The third kappa shape index (κ3) is 18.2. The Morgan fingerprint density at radius 3 is 1.26 bits per heavy atom. The predicted molar refractivity (Wildman–Crippen MR) is 397 cm³/mol. The fourth-order valence-corrected chi connectivity index (χ4v) is 13.2. The number of ether oxygens (including phenoxy) is 2. The first-order valence-corrected chi connectivity index (χ1v) is 34.7. The zero-order chi connectivity index (χ0) is 72.0. The molecule has 0 spiro atoms. The van der Waals surface area contributed by atoms with Gasteiger partial charge in [-0.1, -0.05) is 84.0 Å². The van der Waals surface area contributed by atoms with Gasteiger partial charge in [0.15, 0.2) is 23.0 Å². The Bertz CT molecular complexity index is 4480. The molecule has 2 aliphatic carbocycles. The molecule has 0 saturated heterocycles. The number of aromatic nitrogens is 2. The fourth-order valence-electron chi connectivity index (χ4n) is 11.8. The van der Waals surface area contributed by atoms with E-state index >= 15 is 0 Å². The first-order valence-electron chi connectivity index (χ1n) is 32.3. The van der Waals surface area contributed by atoms with Gasteiger partial charge in [0.2, 0.25) is 11.4 Å². The van der Waals surface area contributed by atoms with Crippen LogP contribution in [0, 0.1) is 20.2 Å². The molecule has 2 aliphatic heterocycles. The van der Waals surface area contributed by atoms with E-state index in [1.165, 1.54) is 58.2 Å². The molecule has 0 fully saturated rings. The van der Waals surface area contributed by atoms with Crippen molar-refractivity contribution >= 4 is 125 Å². The van der Waals surface area contributed by atoms with Crippen molar-refractivity contribution in [1.29, 1.82) is 0 Å². The summed E-state index contributed by atoms with van der Waals surface area (Å²) in [5, 5.41) is 55.4. The van der Waals surface area contributed by atoms with E-state index in [-0.39, 0.29) is 81.7 Å². The van der Waals surface area contributed by atoms with E-state index in [1.54, 1.807) is 0 Å². The van der Waals surface area contributed by atoms with Gasteiger partial charge in [0.05, 0.1) is 20.7 Å². The third-order valence-electron chi connectivity index (χ3n) is 17.7. The molecule has 4 aliphatic rings. The van der Waals surface area contributed by atoms with Gasteiger partial charge in [-0.3, -0.25) is 40.0 Å². The van der Waals surface area contributed by atoms with Gasteiger partial charge in [0.1, 0.15) is 61.7 Å². The van der Waals surface area contributed by atoms with Crippen LogP contribution in [0.1, 0.15) is 102 Å². The summed E-state index contributed by atoms with van der Waals surface area (Å²) in [6, 6.07) is 34.2. The average Bonchev–Trinajstić information content (AvgIpc) is 1.60. The minimum Gasteiger partial charge on any atom is -0.506 e.